The number of hydrogen-bond donors (Lipinski definition) is 0. The minimum absolute atomic E-state index is 0.0324. The van der Waals surface area contributed by atoms with Crippen molar-refractivity contribution < 1.29 is 14.4 Å². The minimum atomic E-state index is -0.168. The second-order valence-electron chi connectivity index (χ2n) is 4.51. The van der Waals surface area contributed by atoms with Crippen LogP contribution in [0.1, 0.15) is 25.7 Å². The van der Waals surface area contributed by atoms with Gasteiger partial charge in [0.15, 0.2) is 0 Å². The van der Waals surface area contributed by atoms with Crippen molar-refractivity contribution in [1.82, 2.24) is 5.06 Å². The Labute approximate surface area is 83.1 Å². The quantitative estimate of drug-likeness (QED) is 0.580. The van der Waals surface area contributed by atoms with Crippen LogP contribution in [0.25, 0.3) is 0 Å². The van der Waals surface area contributed by atoms with Crippen LogP contribution in [0, 0.1) is 5.92 Å². The predicted molar refractivity (Wildman–Crippen MR) is 48.3 cm³/mol. The van der Waals surface area contributed by atoms with E-state index in [4.69, 9.17) is 9.57 Å². The Morgan fingerprint density at radius 3 is 3.00 bits per heavy atom. The average molecular weight is 197 g/mol. The van der Waals surface area contributed by atoms with Crippen molar-refractivity contribution in [3.05, 3.63) is 0 Å². The summed E-state index contributed by atoms with van der Waals surface area (Å²) < 4.78 is 4.87. The Bertz CT molecular complexity index is 275. The summed E-state index contributed by atoms with van der Waals surface area (Å²) in [6.07, 6.45) is 4.23. The van der Waals surface area contributed by atoms with E-state index in [0.717, 1.165) is 32.2 Å². The minimum Gasteiger partial charge on any atom is -0.469 e. The van der Waals surface area contributed by atoms with Crippen LogP contribution in [-0.4, -0.2) is 36.3 Å². The van der Waals surface area contributed by atoms with Gasteiger partial charge in [0.1, 0.15) is 11.5 Å². The Hall–Kier alpha value is -0.610. The third kappa shape index (κ3) is 0.982. The third-order valence-corrected chi connectivity index (χ3v) is 3.70. The molecule has 0 N–H and O–H groups in total. The van der Waals surface area contributed by atoms with E-state index in [0.29, 0.717) is 0 Å². The summed E-state index contributed by atoms with van der Waals surface area (Å²) in [6.45, 7) is 0.972. The molecule has 3 rings (SSSR count). The lowest BCUT2D eigenvalue weighted by atomic mass is 9.92. The summed E-state index contributed by atoms with van der Waals surface area (Å²) in [5, 5.41) is 2.01. The van der Waals surface area contributed by atoms with Crippen molar-refractivity contribution >= 4 is 5.97 Å². The summed E-state index contributed by atoms with van der Waals surface area (Å²) >= 11 is 0. The molecule has 0 radical (unpaired) electrons. The number of carbonyl (C=O) groups excluding carboxylic acids is 1. The van der Waals surface area contributed by atoms with Crippen molar-refractivity contribution in [2.75, 3.05) is 13.7 Å². The number of fused-ring (bicyclic) bond motifs is 1. The first-order chi connectivity index (χ1) is 6.77. The maximum absolute atomic E-state index is 11.7. The van der Waals surface area contributed by atoms with Gasteiger partial charge in [-0.3, -0.25) is 9.63 Å². The number of hydrogen-bond acceptors (Lipinski definition) is 4. The zero-order valence-electron chi connectivity index (χ0n) is 8.36. The number of hydroxylamine groups is 2. The molecule has 2 saturated heterocycles. The molecule has 4 heteroatoms. The van der Waals surface area contributed by atoms with Crippen molar-refractivity contribution in [3.63, 3.8) is 0 Å². The van der Waals surface area contributed by atoms with E-state index < -0.39 is 0 Å². The van der Waals surface area contributed by atoms with Crippen LogP contribution in [0.4, 0.5) is 0 Å². The highest BCUT2D eigenvalue weighted by Crippen LogP contribution is 2.56. The number of methoxy groups -OCH3 is 1. The van der Waals surface area contributed by atoms with E-state index in [2.05, 4.69) is 0 Å². The molecule has 1 aliphatic carbocycles. The van der Waals surface area contributed by atoms with Crippen LogP contribution < -0.4 is 0 Å². The zero-order chi connectivity index (χ0) is 9.76. The predicted octanol–water partition coefficient (Wildman–Crippen LogP) is 0.718. The molecule has 2 unspecified atom stereocenters. The lowest BCUT2D eigenvalue weighted by Crippen LogP contribution is -2.34. The van der Waals surface area contributed by atoms with Gasteiger partial charge >= 0.3 is 5.97 Å². The molecule has 0 amide bonds. The molecule has 2 aliphatic heterocycles. The first kappa shape index (κ1) is 8.68. The van der Waals surface area contributed by atoms with Gasteiger partial charge in [-0.05, 0) is 25.7 Å². The average Bonchev–Trinajstić information content (AvgIpc) is 2.66. The SMILES string of the molecule is COC(=O)C1C2CCCN2OC12CC2. The van der Waals surface area contributed by atoms with Gasteiger partial charge in [-0.15, -0.1) is 0 Å². The van der Waals surface area contributed by atoms with Gasteiger partial charge in [-0.1, -0.05) is 0 Å². The van der Waals surface area contributed by atoms with E-state index in [1.165, 1.54) is 7.11 Å². The van der Waals surface area contributed by atoms with E-state index in [-0.39, 0.29) is 23.5 Å². The summed E-state index contributed by atoms with van der Waals surface area (Å²) in [5.41, 5.74) is -0.168. The van der Waals surface area contributed by atoms with Gasteiger partial charge in [-0.25, -0.2) is 0 Å². The normalized spacial score (nSPS) is 38.6. The fraction of sp³-hybridized carbons (Fsp3) is 0.900. The second kappa shape index (κ2) is 2.70. The molecular weight excluding hydrogens is 182 g/mol. The Morgan fingerprint density at radius 2 is 2.36 bits per heavy atom. The largest absolute Gasteiger partial charge is 0.469 e. The van der Waals surface area contributed by atoms with Crippen molar-refractivity contribution in [3.8, 4) is 0 Å². The number of carbonyl (C=O) groups is 1. The van der Waals surface area contributed by atoms with Crippen LogP contribution in [0.15, 0.2) is 0 Å². The van der Waals surface area contributed by atoms with Gasteiger partial charge in [0.25, 0.3) is 0 Å². The van der Waals surface area contributed by atoms with Gasteiger partial charge in [-0.2, -0.15) is 5.06 Å². The van der Waals surface area contributed by atoms with Gasteiger partial charge in [0.2, 0.25) is 0 Å². The molecule has 2 atom stereocenters. The molecule has 0 aromatic rings. The van der Waals surface area contributed by atoms with Crippen LogP contribution >= 0.6 is 0 Å². The van der Waals surface area contributed by atoms with Gasteiger partial charge in [0.05, 0.1) is 13.2 Å². The molecule has 0 bridgehead atoms. The molecule has 1 saturated carbocycles. The highest BCUT2D eigenvalue weighted by atomic mass is 16.7. The molecule has 0 aromatic heterocycles. The van der Waals surface area contributed by atoms with E-state index in [9.17, 15) is 4.79 Å². The van der Waals surface area contributed by atoms with Crippen molar-refractivity contribution in [2.24, 2.45) is 5.92 Å². The molecule has 3 fully saturated rings. The van der Waals surface area contributed by atoms with Crippen LogP contribution in [0.3, 0.4) is 0 Å². The molecule has 0 aromatic carbocycles. The lowest BCUT2D eigenvalue weighted by molar-refractivity contribution is -0.164. The number of ether oxygens (including phenoxy) is 1. The van der Waals surface area contributed by atoms with Crippen LogP contribution in [-0.2, 0) is 14.4 Å². The van der Waals surface area contributed by atoms with Gasteiger partial charge < -0.3 is 4.74 Å². The number of rotatable bonds is 1. The van der Waals surface area contributed by atoms with Gasteiger partial charge in [0, 0.05) is 6.54 Å². The third-order valence-electron chi connectivity index (χ3n) is 3.70. The topological polar surface area (TPSA) is 38.8 Å². The first-order valence-corrected chi connectivity index (χ1v) is 5.30. The molecule has 14 heavy (non-hydrogen) atoms. The highest BCUT2D eigenvalue weighted by molar-refractivity contribution is 5.76. The molecular formula is C10H15NO3. The maximum Gasteiger partial charge on any atom is 0.313 e. The smallest absolute Gasteiger partial charge is 0.313 e. The zero-order valence-corrected chi connectivity index (χ0v) is 8.36. The summed E-state index contributed by atoms with van der Waals surface area (Å²) in [4.78, 5) is 17.5. The summed E-state index contributed by atoms with van der Waals surface area (Å²) in [5.74, 6) is -0.119. The van der Waals surface area contributed by atoms with Crippen LogP contribution in [0.2, 0.25) is 0 Å². The molecule has 4 nitrogen and oxygen atoms in total. The van der Waals surface area contributed by atoms with E-state index in [1.807, 2.05) is 5.06 Å². The Morgan fingerprint density at radius 1 is 1.57 bits per heavy atom. The fourth-order valence-electron chi connectivity index (χ4n) is 2.88. The molecule has 3 aliphatic rings. The first-order valence-electron chi connectivity index (χ1n) is 5.30. The Kier molecular flexibility index (Phi) is 1.67. The highest BCUT2D eigenvalue weighted by Gasteiger charge is 2.65. The molecule has 78 valence electrons. The van der Waals surface area contributed by atoms with E-state index in [1.54, 1.807) is 0 Å². The standard InChI is InChI=1S/C10H15NO3/c1-13-9(12)8-7-3-2-6-11(7)14-10(8)4-5-10/h7-8H,2-6H2,1H3. The molecule has 1 spiro atoms. The second-order valence-corrected chi connectivity index (χ2v) is 4.51. The van der Waals surface area contributed by atoms with Crippen LogP contribution in [0.5, 0.6) is 0 Å². The monoisotopic (exact) mass is 197 g/mol. The maximum atomic E-state index is 11.7. The number of esters is 1. The van der Waals surface area contributed by atoms with Crippen molar-refractivity contribution in [2.45, 2.75) is 37.3 Å². The summed E-state index contributed by atoms with van der Waals surface area (Å²) in [7, 11) is 1.47. The molecule has 2 heterocycles. The fourth-order valence-corrected chi connectivity index (χ4v) is 2.88. The van der Waals surface area contributed by atoms with E-state index >= 15 is 0 Å². The van der Waals surface area contributed by atoms with Crippen molar-refractivity contribution in [1.29, 1.82) is 0 Å². The summed E-state index contributed by atoms with van der Waals surface area (Å²) in [6, 6.07) is 0.282. The number of nitrogens with zero attached hydrogens (tertiary/aromatic N) is 1. The lowest BCUT2D eigenvalue weighted by Gasteiger charge is -2.16. The Balaban J connectivity index is 1.88.